The molecule has 0 saturated heterocycles. The number of ether oxygens (including phenoxy) is 1. The van der Waals surface area contributed by atoms with Crippen molar-refractivity contribution in [1.29, 1.82) is 0 Å². The lowest BCUT2D eigenvalue weighted by atomic mass is 10.2. The smallest absolute Gasteiger partial charge is 0.334 e. The van der Waals surface area contributed by atoms with Gasteiger partial charge in [-0.05, 0) is 0 Å². The highest BCUT2D eigenvalue weighted by atomic mass is 32.2. The number of hydrogen-bond acceptors (Lipinski definition) is 6. The van der Waals surface area contributed by atoms with Crippen molar-refractivity contribution in [1.82, 2.24) is 4.72 Å². The number of nitrogens with zero attached hydrogens (tertiary/aromatic N) is 1. The maximum Gasteiger partial charge on any atom is 0.334 e. The zero-order valence-corrected chi connectivity index (χ0v) is 11.9. The molecule has 0 saturated carbocycles. The molecule has 0 aliphatic carbocycles. The first kappa shape index (κ1) is 17.0. The number of carboxylic acid groups (broad SMARTS) is 1. The fourth-order valence-corrected chi connectivity index (χ4v) is 2.70. The second kappa shape index (κ2) is 7.11. The Kier molecular flexibility index (Phi) is 5.76. The minimum Gasteiger partial charge on any atom is -0.479 e. The lowest BCUT2D eigenvalue weighted by Crippen LogP contribution is -2.38. The third kappa shape index (κ3) is 5.10. The molecule has 0 aromatic heterocycles. The summed E-state index contributed by atoms with van der Waals surface area (Å²) in [7, 11) is -2.79. The van der Waals surface area contributed by atoms with E-state index in [1.807, 2.05) is 4.72 Å². The maximum atomic E-state index is 11.8. The van der Waals surface area contributed by atoms with Crippen LogP contribution in [-0.4, -0.2) is 44.2 Å². The number of para-hydroxylation sites is 1. The van der Waals surface area contributed by atoms with E-state index in [-0.39, 0.29) is 11.3 Å². The average Bonchev–Trinajstić information content (AvgIpc) is 2.38. The predicted octanol–water partition coefficient (Wildman–Crippen LogP) is 0.114. The van der Waals surface area contributed by atoms with E-state index < -0.39 is 39.3 Å². The molecule has 1 atom stereocenters. The molecular weight excluding hydrogens is 304 g/mol. The first-order valence-electron chi connectivity index (χ1n) is 5.72. The van der Waals surface area contributed by atoms with Crippen LogP contribution in [0.1, 0.15) is 5.56 Å². The molecule has 0 aliphatic heterocycles. The Bertz CT molecular complexity index is 629. The number of nitro groups is 1. The van der Waals surface area contributed by atoms with Gasteiger partial charge >= 0.3 is 5.97 Å². The van der Waals surface area contributed by atoms with Crippen LogP contribution in [0.5, 0.6) is 0 Å². The second-order valence-electron chi connectivity index (χ2n) is 4.06. The molecule has 0 radical (unpaired) electrons. The summed E-state index contributed by atoms with van der Waals surface area (Å²) in [5.41, 5.74) is -0.302. The second-order valence-corrected chi connectivity index (χ2v) is 5.86. The molecule has 0 spiro atoms. The fraction of sp³-hybridized carbons (Fsp3) is 0.364. The first-order valence-corrected chi connectivity index (χ1v) is 7.37. The Morgan fingerprint density at radius 1 is 1.48 bits per heavy atom. The van der Waals surface area contributed by atoms with Gasteiger partial charge in [-0.15, -0.1) is 0 Å². The van der Waals surface area contributed by atoms with Gasteiger partial charge in [-0.2, -0.15) is 0 Å². The molecule has 9 nitrogen and oxygen atoms in total. The zero-order chi connectivity index (χ0) is 16.0. The lowest BCUT2D eigenvalue weighted by molar-refractivity contribution is -0.385. The molecule has 21 heavy (non-hydrogen) atoms. The lowest BCUT2D eigenvalue weighted by Gasteiger charge is -2.12. The molecule has 1 aromatic rings. The van der Waals surface area contributed by atoms with E-state index in [0.29, 0.717) is 0 Å². The van der Waals surface area contributed by atoms with Crippen molar-refractivity contribution >= 4 is 21.7 Å². The molecule has 0 aliphatic rings. The molecule has 1 unspecified atom stereocenters. The minimum absolute atomic E-state index is 0.0132. The van der Waals surface area contributed by atoms with Crippen LogP contribution in [0.15, 0.2) is 24.3 Å². The number of methoxy groups -OCH3 is 1. The van der Waals surface area contributed by atoms with Crippen molar-refractivity contribution in [3.8, 4) is 0 Å². The Morgan fingerprint density at radius 2 is 2.10 bits per heavy atom. The Labute approximate surface area is 120 Å². The summed E-state index contributed by atoms with van der Waals surface area (Å²) in [5.74, 6) is -1.94. The molecule has 1 rings (SSSR count). The number of sulfonamides is 1. The molecule has 0 heterocycles. The number of carboxylic acids is 1. The molecule has 10 heteroatoms. The SMILES string of the molecule is COC(CNS(=O)(=O)Cc1ccccc1[N+](=O)[O-])C(=O)O. The summed E-state index contributed by atoms with van der Waals surface area (Å²) in [6.07, 6.45) is -1.33. The van der Waals surface area contributed by atoms with Crippen molar-refractivity contribution < 1.29 is 28.0 Å². The minimum atomic E-state index is -3.93. The van der Waals surface area contributed by atoms with Gasteiger partial charge in [0.1, 0.15) is 0 Å². The summed E-state index contributed by atoms with van der Waals surface area (Å²) in [5, 5.41) is 19.5. The van der Waals surface area contributed by atoms with Crippen molar-refractivity contribution in [3.63, 3.8) is 0 Å². The third-order valence-electron chi connectivity index (χ3n) is 2.58. The van der Waals surface area contributed by atoms with Crippen LogP contribution in [0, 0.1) is 10.1 Å². The monoisotopic (exact) mass is 318 g/mol. The highest BCUT2D eigenvalue weighted by Gasteiger charge is 2.23. The number of benzene rings is 1. The van der Waals surface area contributed by atoms with E-state index >= 15 is 0 Å². The summed E-state index contributed by atoms with van der Waals surface area (Å²) in [6, 6.07) is 5.42. The van der Waals surface area contributed by atoms with E-state index in [9.17, 15) is 23.3 Å². The van der Waals surface area contributed by atoms with Crippen LogP contribution in [0.4, 0.5) is 5.69 Å². The van der Waals surface area contributed by atoms with E-state index in [2.05, 4.69) is 4.74 Å². The van der Waals surface area contributed by atoms with Crippen LogP contribution in [0.3, 0.4) is 0 Å². The van der Waals surface area contributed by atoms with Gasteiger partial charge in [0.2, 0.25) is 10.0 Å². The summed E-state index contributed by atoms with van der Waals surface area (Å²) in [4.78, 5) is 20.8. The summed E-state index contributed by atoms with van der Waals surface area (Å²) >= 11 is 0. The van der Waals surface area contributed by atoms with Crippen molar-refractivity contribution in [3.05, 3.63) is 39.9 Å². The van der Waals surface area contributed by atoms with Gasteiger partial charge in [-0.3, -0.25) is 10.1 Å². The normalized spacial score (nSPS) is 12.8. The van der Waals surface area contributed by atoms with Crippen LogP contribution in [-0.2, 0) is 25.3 Å². The third-order valence-corrected chi connectivity index (χ3v) is 3.88. The molecule has 2 N–H and O–H groups in total. The number of aliphatic carboxylic acids is 1. The van der Waals surface area contributed by atoms with Crippen LogP contribution in [0.25, 0.3) is 0 Å². The summed E-state index contributed by atoms with van der Waals surface area (Å²) in [6.45, 7) is -0.463. The average molecular weight is 318 g/mol. The van der Waals surface area contributed by atoms with E-state index in [1.54, 1.807) is 0 Å². The van der Waals surface area contributed by atoms with Crippen molar-refractivity contribution in [2.45, 2.75) is 11.9 Å². The molecule has 116 valence electrons. The molecule has 0 amide bonds. The van der Waals surface area contributed by atoms with Gasteiger partial charge < -0.3 is 9.84 Å². The standard InChI is InChI=1S/C11H14N2O7S/c1-20-10(11(14)15)6-12-21(18,19)7-8-4-2-3-5-9(8)13(16)17/h2-5,10,12H,6-7H2,1H3,(H,14,15). The first-order chi connectivity index (χ1) is 9.76. The Hall–Kier alpha value is -2.04. The van der Waals surface area contributed by atoms with Crippen molar-refractivity contribution in [2.24, 2.45) is 0 Å². The maximum absolute atomic E-state index is 11.8. The highest BCUT2D eigenvalue weighted by molar-refractivity contribution is 7.88. The van der Waals surface area contributed by atoms with Gasteiger partial charge in [-0.1, -0.05) is 18.2 Å². The van der Waals surface area contributed by atoms with Gasteiger partial charge in [0.25, 0.3) is 5.69 Å². The van der Waals surface area contributed by atoms with Gasteiger partial charge in [0, 0.05) is 25.3 Å². The predicted molar refractivity (Wildman–Crippen MR) is 72.2 cm³/mol. The van der Waals surface area contributed by atoms with Crippen LogP contribution in [0.2, 0.25) is 0 Å². The summed E-state index contributed by atoms with van der Waals surface area (Å²) < 4.78 is 30.3. The number of hydrogen-bond donors (Lipinski definition) is 2. The van der Waals surface area contributed by atoms with E-state index in [0.717, 1.165) is 7.11 Å². The number of rotatable bonds is 8. The molecule has 0 fully saturated rings. The molecule has 0 bridgehead atoms. The van der Waals surface area contributed by atoms with Gasteiger partial charge in [0.05, 0.1) is 10.7 Å². The fourth-order valence-electron chi connectivity index (χ4n) is 1.54. The topological polar surface area (TPSA) is 136 Å². The highest BCUT2D eigenvalue weighted by Crippen LogP contribution is 2.19. The Morgan fingerprint density at radius 3 is 2.62 bits per heavy atom. The van der Waals surface area contributed by atoms with E-state index in [1.165, 1.54) is 24.3 Å². The van der Waals surface area contributed by atoms with Gasteiger partial charge in [-0.25, -0.2) is 17.9 Å². The van der Waals surface area contributed by atoms with Gasteiger partial charge in [0.15, 0.2) is 6.10 Å². The largest absolute Gasteiger partial charge is 0.479 e. The number of nitro benzene ring substituents is 1. The van der Waals surface area contributed by atoms with E-state index in [4.69, 9.17) is 5.11 Å². The molecule has 1 aromatic carbocycles. The molecular formula is C11H14N2O7S. The van der Waals surface area contributed by atoms with Crippen molar-refractivity contribution in [2.75, 3.05) is 13.7 Å². The number of nitrogens with one attached hydrogen (secondary N) is 1. The zero-order valence-electron chi connectivity index (χ0n) is 11.1. The Balaban J connectivity index is 2.82. The number of carbonyl (C=O) groups is 1. The van der Waals surface area contributed by atoms with Crippen LogP contribution >= 0.6 is 0 Å². The quantitative estimate of drug-likeness (QED) is 0.513. The van der Waals surface area contributed by atoms with Crippen LogP contribution < -0.4 is 4.72 Å².